The molecule has 0 saturated heterocycles. The second-order valence-electron chi connectivity index (χ2n) is 6.03. The molecule has 0 bridgehead atoms. The number of nitrogens with zero attached hydrogens (tertiary/aromatic N) is 4. The number of hydrogen-bond acceptors (Lipinski definition) is 7. The average Bonchev–Trinajstić information content (AvgIpc) is 3.32. The van der Waals surface area contributed by atoms with Gasteiger partial charge in [0.2, 0.25) is 4.96 Å². The summed E-state index contributed by atoms with van der Waals surface area (Å²) < 4.78 is 7.79. The van der Waals surface area contributed by atoms with Crippen LogP contribution in [0.25, 0.3) is 15.5 Å². The molecule has 0 unspecified atom stereocenters. The summed E-state index contributed by atoms with van der Waals surface area (Å²) in [5.74, 6) is 0.359. The SMILES string of the molecule is CCOc1ccc(C(=O)NC(=S)Nc2cccc(-c3nn4cnnc4s3)c2)cc1Br. The van der Waals surface area contributed by atoms with E-state index in [1.165, 1.54) is 11.3 Å². The van der Waals surface area contributed by atoms with Crippen LogP contribution in [0.2, 0.25) is 0 Å². The summed E-state index contributed by atoms with van der Waals surface area (Å²) in [6, 6.07) is 12.7. The number of rotatable bonds is 5. The van der Waals surface area contributed by atoms with Crippen molar-refractivity contribution in [3.63, 3.8) is 0 Å². The lowest BCUT2D eigenvalue weighted by atomic mass is 10.2. The highest BCUT2D eigenvalue weighted by Crippen LogP contribution is 2.27. The summed E-state index contributed by atoms with van der Waals surface area (Å²) in [6.07, 6.45) is 1.56. The molecule has 30 heavy (non-hydrogen) atoms. The molecule has 0 fully saturated rings. The Morgan fingerprint density at radius 3 is 2.93 bits per heavy atom. The normalized spacial score (nSPS) is 10.7. The molecular formula is C19H15BrN6O2S2. The zero-order valence-corrected chi connectivity index (χ0v) is 18.8. The van der Waals surface area contributed by atoms with Crippen molar-refractivity contribution in [3.05, 3.63) is 58.8 Å². The van der Waals surface area contributed by atoms with Crippen molar-refractivity contribution in [1.82, 2.24) is 25.1 Å². The Hall–Kier alpha value is -2.89. The highest BCUT2D eigenvalue weighted by molar-refractivity contribution is 9.10. The molecule has 0 aliphatic carbocycles. The third-order valence-corrected chi connectivity index (χ3v) is 5.76. The number of carbonyl (C=O) groups is 1. The minimum Gasteiger partial charge on any atom is -0.493 e. The van der Waals surface area contributed by atoms with E-state index in [4.69, 9.17) is 17.0 Å². The number of nitrogens with one attached hydrogen (secondary N) is 2. The first-order valence-corrected chi connectivity index (χ1v) is 10.9. The molecule has 0 atom stereocenters. The van der Waals surface area contributed by atoms with E-state index in [-0.39, 0.29) is 11.0 Å². The summed E-state index contributed by atoms with van der Waals surface area (Å²) in [4.78, 5) is 13.2. The molecule has 0 spiro atoms. The van der Waals surface area contributed by atoms with Crippen LogP contribution in [0.5, 0.6) is 5.75 Å². The lowest BCUT2D eigenvalue weighted by Gasteiger charge is -2.11. The Bertz CT molecular complexity index is 1210. The number of amides is 1. The number of benzene rings is 2. The fourth-order valence-corrected chi connectivity index (χ4v) is 4.18. The molecule has 0 radical (unpaired) electrons. The third kappa shape index (κ3) is 4.48. The van der Waals surface area contributed by atoms with Gasteiger partial charge < -0.3 is 10.1 Å². The smallest absolute Gasteiger partial charge is 0.257 e. The van der Waals surface area contributed by atoms with Crippen molar-refractivity contribution in [2.45, 2.75) is 6.92 Å². The molecule has 11 heteroatoms. The first kappa shape index (κ1) is 20.4. The molecule has 4 aromatic rings. The molecule has 2 N–H and O–H groups in total. The summed E-state index contributed by atoms with van der Waals surface area (Å²) in [5.41, 5.74) is 2.10. The minimum absolute atomic E-state index is 0.195. The molecule has 2 aromatic heterocycles. The lowest BCUT2D eigenvalue weighted by molar-refractivity contribution is 0.0977. The van der Waals surface area contributed by atoms with Crippen LogP contribution >= 0.6 is 39.5 Å². The molecule has 4 rings (SSSR count). The number of ether oxygens (including phenoxy) is 1. The lowest BCUT2D eigenvalue weighted by Crippen LogP contribution is -2.34. The van der Waals surface area contributed by atoms with Crippen molar-refractivity contribution in [2.75, 3.05) is 11.9 Å². The molecular weight excluding hydrogens is 488 g/mol. The van der Waals surface area contributed by atoms with Gasteiger partial charge >= 0.3 is 0 Å². The molecule has 152 valence electrons. The quantitative estimate of drug-likeness (QED) is 0.396. The Morgan fingerprint density at radius 2 is 2.17 bits per heavy atom. The maximum absolute atomic E-state index is 12.5. The van der Waals surface area contributed by atoms with Gasteiger partial charge in [-0.15, -0.1) is 10.2 Å². The van der Waals surface area contributed by atoms with E-state index in [1.807, 2.05) is 31.2 Å². The monoisotopic (exact) mass is 502 g/mol. The summed E-state index contributed by atoms with van der Waals surface area (Å²) in [6.45, 7) is 2.44. The van der Waals surface area contributed by atoms with Crippen molar-refractivity contribution < 1.29 is 9.53 Å². The van der Waals surface area contributed by atoms with E-state index >= 15 is 0 Å². The molecule has 0 saturated carbocycles. The van der Waals surface area contributed by atoms with Crippen molar-refractivity contribution >= 4 is 61.2 Å². The van der Waals surface area contributed by atoms with Gasteiger partial charge in [0.1, 0.15) is 17.1 Å². The number of anilines is 1. The van der Waals surface area contributed by atoms with Gasteiger partial charge in [-0.25, -0.2) is 0 Å². The third-order valence-electron chi connectivity index (χ3n) is 3.98. The van der Waals surface area contributed by atoms with Crippen LogP contribution in [0.3, 0.4) is 0 Å². The van der Waals surface area contributed by atoms with E-state index in [0.29, 0.717) is 27.4 Å². The van der Waals surface area contributed by atoms with Gasteiger partial charge in [0, 0.05) is 16.8 Å². The van der Waals surface area contributed by atoms with Crippen molar-refractivity contribution in [1.29, 1.82) is 0 Å². The van der Waals surface area contributed by atoms with Crippen molar-refractivity contribution in [3.8, 4) is 16.3 Å². The Kier molecular flexibility index (Phi) is 6.02. The predicted octanol–water partition coefficient (Wildman–Crippen LogP) is 4.14. The number of thiocarbonyl (C=S) groups is 1. The van der Waals surface area contributed by atoms with E-state index in [9.17, 15) is 4.79 Å². The molecule has 0 aliphatic rings. The van der Waals surface area contributed by atoms with Crippen LogP contribution < -0.4 is 15.4 Å². The zero-order valence-electron chi connectivity index (χ0n) is 15.6. The standard InChI is InChI=1S/C19H15BrN6O2S2/c1-2-28-15-7-6-11(9-14(15)20)16(27)23-18(29)22-13-5-3-4-12(8-13)17-25-26-10-21-24-19(26)30-17/h3-10H,2H2,1H3,(H2,22,23,27,29). The van der Waals surface area contributed by atoms with Crippen LogP contribution in [0.1, 0.15) is 17.3 Å². The predicted molar refractivity (Wildman–Crippen MR) is 123 cm³/mol. The van der Waals surface area contributed by atoms with Crippen LogP contribution in [-0.2, 0) is 0 Å². The minimum atomic E-state index is -0.318. The summed E-state index contributed by atoms with van der Waals surface area (Å²) in [5, 5.41) is 19.0. The van der Waals surface area contributed by atoms with E-state index < -0.39 is 0 Å². The van der Waals surface area contributed by atoms with Crippen LogP contribution in [0, 0.1) is 0 Å². The maximum Gasteiger partial charge on any atom is 0.257 e. The van der Waals surface area contributed by atoms with Gasteiger partial charge in [-0.3, -0.25) is 10.1 Å². The van der Waals surface area contributed by atoms with Crippen molar-refractivity contribution in [2.24, 2.45) is 0 Å². The van der Waals surface area contributed by atoms with E-state index in [0.717, 1.165) is 16.3 Å². The summed E-state index contributed by atoms with van der Waals surface area (Å²) in [7, 11) is 0. The maximum atomic E-state index is 12.5. The summed E-state index contributed by atoms with van der Waals surface area (Å²) >= 11 is 10.1. The zero-order chi connectivity index (χ0) is 21.1. The number of halogens is 1. The van der Waals surface area contributed by atoms with Gasteiger partial charge in [0.25, 0.3) is 5.91 Å². The van der Waals surface area contributed by atoms with Gasteiger partial charge in [-0.2, -0.15) is 9.61 Å². The van der Waals surface area contributed by atoms with Gasteiger partial charge in [0.05, 0.1) is 11.1 Å². The topological polar surface area (TPSA) is 93.4 Å². The molecule has 2 heterocycles. The number of hydrogen-bond donors (Lipinski definition) is 2. The van der Waals surface area contributed by atoms with Crippen LogP contribution in [0.15, 0.2) is 53.3 Å². The van der Waals surface area contributed by atoms with Gasteiger partial charge in [0.15, 0.2) is 5.11 Å². The fourth-order valence-electron chi connectivity index (χ4n) is 2.66. The molecule has 8 nitrogen and oxygen atoms in total. The number of carbonyl (C=O) groups excluding carboxylic acids is 1. The van der Waals surface area contributed by atoms with Gasteiger partial charge in [-0.05, 0) is 65.4 Å². The Labute approximate surface area is 189 Å². The second kappa shape index (κ2) is 8.86. The first-order valence-electron chi connectivity index (χ1n) is 8.85. The molecule has 1 amide bonds. The first-order chi connectivity index (χ1) is 14.5. The largest absolute Gasteiger partial charge is 0.493 e. The molecule has 0 aliphatic heterocycles. The van der Waals surface area contributed by atoms with Crippen LogP contribution in [-0.4, -0.2) is 37.4 Å². The second-order valence-corrected chi connectivity index (χ2v) is 8.25. The fraction of sp³-hybridized carbons (Fsp3) is 0.105. The van der Waals surface area contributed by atoms with E-state index in [1.54, 1.807) is 29.0 Å². The highest BCUT2D eigenvalue weighted by Gasteiger charge is 2.12. The van der Waals surface area contributed by atoms with Gasteiger partial charge in [-0.1, -0.05) is 23.5 Å². The number of aromatic nitrogens is 4. The van der Waals surface area contributed by atoms with Crippen LogP contribution in [0.4, 0.5) is 5.69 Å². The Balaban J connectivity index is 1.43. The number of fused-ring (bicyclic) bond motifs is 1. The van der Waals surface area contributed by atoms with E-state index in [2.05, 4.69) is 41.9 Å². The highest BCUT2D eigenvalue weighted by atomic mass is 79.9. The Morgan fingerprint density at radius 1 is 1.30 bits per heavy atom. The average molecular weight is 503 g/mol. The molecule has 2 aromatic carbocycles.